The lowest BCUT2D eigenvalue weighted by Gasteiger charge is -2.35. The van der Waals surface area contributed by atoms with Crippen LogP contribution in [0, 0.1) is 12.8 Å². The van der Waals surface area contributed by atoms with Gasteiger partial charge in [0.1, 0.15) is 5.82 Å². The van der Waals surface area contributed by atoms with Crippen molar-refractivity contribution in [1.82, 2.24) is 25.1 Å². The Kier molecular flexibility index (Phi) is 6.34. The van der Waals surface area contributed by atoms with Crippen LogP contribution in [0.15, 0.2) is 18.2 Å². The van der Waals surface area contributed by atoms with Crippen molar-refractivity contribution in [2.75, 3.05) is 39.3 Å². The molecule has 1 aromatic carbocycles. The predicted molar refractivity (Wildman–Crippen MR) is 107 cm³/mol. The summed E-state index contributed by atoms with van der Waals surface area (Å²) in [6, 6.07) is 5.95. The third-order valence-corrected chi connectivity index (χ3v) is 5.19. The summed E-state index contributed by atoms with van der Waals surface area (Å²) in [7, 11) is 0. The normalized spacial score (nSPS) is 16.9. The monoisotopic (exact) mass is 373 g/mol. The van der Waals surface area contributed by atoms with Crippen LogP contribution < -0.4 is 5.32 Å². The fourth-order valence-electron chi connectivity index (χ4n) is 3.53. The number of aromatic amines is 1. The van der Waals surface area contributed by atoms with E-state index in [1.165, 1.54) is 5.56 Å². The standard InChI is InChI=1S/C20H31N5O2/c1-14(2)18(19-21-16-6-5-15(3)13-17(16)22-19)23-20(27)25-10-8-24(9-11-25)7-4-12-26/h5-6,13-14,18,26H,4,7-12H2,1-3H3,(H,21,22)(H,23,27)/t18-/m0/s1. The van der Waals surface area contributed by atoms with Crippen molar-refractivity contribution in [1.29, 1.82) is 0 Å². The maximum absolute atomic E-state index is 12.8. The number of imidazole rings is 1. The van der Waals surface area contributed by atoms with E-state index in [9.17, 15) is 4.79 Å². The van der Waals surface area contributed by atoms with Crippen LogP contribution in [0.1, 0.15) is 37.7 Å². The smallest absolute Gasteiger partial charge is 0.318 e. The van der Waals surface area contributed by atoms with E-state index in [0.717, 1.165) is 42.9 Å². The number of aliphatic hydroxyl groups is 1. The molecule has 7 nitrogen and oxygen atoms in total. The molecule has 0 spiro atoms. The molecular weight excluding hydrogens is 342 g/mol. The van der Waals surface area contributed by atoms with E-state index in [1.54, 1.807) is 0 Å². The molecule has 3 N–H and O–H groups in total. The van der Waals surface area contributed by atoms with E-state index in [-0.39, 0.29) is 24.6 Å². The lowest BCUT2D eigenvalue weighted by atomic mass is 10.0. The van der Waals surface area contributed by atoms with Gasteiger partial charge >= 0.3 is 6.03 Å². The Labute approximate surface area is 160 Å². The van der Waals surface area contributed by atoms with Crippen LogP contribution in [0.2, 0.25) is 0 Å². The Morgan fingerprint density at radius 2 is 2.04 bits per heavy atom. The lowest BCUT2D eigenvalue weighted by Crippen LogP contribution is -2.52. The van der Waals surface area contributed by atoms with Gasteiger partial charge in [0, 0.05) is 39.3 Å². The molecule has 148 valence electrons. The first-order chi connectivity index (χ1) is 13.0. The number of aliphatic hydroxyl groups excluding tert-OH is 1. The van der Waals surface area contributed by atoms with E-state index >= 15 is 0 Å². The van der Waals surface area contributed by atoms with Crippen molar-refractivity contribution in [2.24, 2.45) is 5.92 Å². The molecule has 27 heavy (non-hydrogen) atoms. The summed E-state index contributed by atoms with van der Waals surface area (Å²) in [6.45, 7) is 10.5. The van der Waals surface area contributed by atoms with Gasteiger partial charge in [0.05, 0.1) is 17.1 Å². The van der Waals surface area contributed by atoms with Crippen LogP contribution in [0.25, 0.3) is 11.0 Å². The Morgan fingerprint density at radius 1 is 1.30 bits per heavy atom. The summed E-state index contributed by atoms with van der Waals surface area (Å²) in [6.07, 6.45) is 0.785. The van der Waals surface area contributed by atoms with Gasteiger partial charge in [0.25, 0.3) is 0 Å². The van der Waals surface area contributed by atoms with Gasteiger partial charge < -0.3 is 20.3 Å². The first kappa shape index (κ1) is 19.6. The molecular formula is C20H31N5O2. The maximum Gasteiger partial charge on any atom is 0.318 e. The van der Waals surface area contributed by atoms with Crippen LogP contribution >= 0.6 is 0 Å². The van der Waals surface area contributed by atoms with Gasteiger partial charge in [-0.05, 0) is 37.0 Å². The summed E-state index contributed by atoms with van der Waals surface area (Å²) in [5, 5.41) is 12.1. The number of carbonyl (C=O) groups is 1. The van der Waals surface area contributed by atoms with Crippen LogP contribution in [-0.2, 0) is 0 Å². The van der Waals surface area contributed by atoms with Gasteiger partial charge in [0.2, 0.25) is 0 Å². The number of fused-ring (bicyclic) bond motifs is 1. The molecule has 7 heteroatoms. The highest BCUT2D eigenvalue weighted by Gasteiger charge is 2.26. The van der Waals surface area contributed by atoms with Gasteiger partial charge in [-0.25, -0.2) is 9.78 Å². The number of nitrogens with zero attached hydrogens (tertiary/aromatic N) is 3. The van der Waals surface area contributed by atoms with Crippen molar-refractivity contribution >= 4 is 17.1 Å². The molecule has 0 bridgehead atoms. The molecule has 1 atom stereocenters. The summed E-state index contributed by atoms with van der Waals surface area (Å²) in [5.74, 6) is 1.03. The fraction of sp³-hybridized carbons (Fsp3) is 0.600. The van der Waals surface area contributed by atoms with E-state index < -0.39 is 0 Å². The zero-order valence-corrected chi connectivity index (χ0v) is 16.5. The first-order valence-electron chi connectivity index (χ1n) is 9.83. The van der Waals surface area contributed by atoms with Crippen molar-refractivity contribution in [3.63, 3.8) is 0 Å². The second kappa shape index (κ2) is 8.71. The van der Waals surface area contributed by atoms with Gasteiger partial charge in [-0.15, -0.1) is 0 Å². The Balaban J connectivity index is 1.64. The zero-order valence-electron chi connectivity index (χ0n) is 16.5. The van der Waals surface area contributed by atoms with Crippen LogP contribution in [0.4, 0.5) is 4.79 Å². The first-order valence-corrected chi connectivity index (χ1v) is 9.83. The molecule has 1 aromatic heterocycles. The van der Waals surface area contributed by atoms with E-state index in [1.807, 2.05) is 17.0 Å². The highest BCUT2D eigenvalue weighted by atomic mass is 16.3. The Bertz CT molecular complexity index is 765. The predicted octanol–water partition coefficient (Wildman–Crippen LogP) is 2.28. The largest absolute Gasteiger partial charge is 0.396 e. The minimum absolute atomic E-state index is 0.0351. The molecule has 0 aliphatic carbocycles. The van der Waals surface area contributed by atoms with Crippen LogP contribution in [0.3, 0.4) is 0 Å². The number of H-pyrrole nitrogens is 1. The third kappa shape index (κ3) is 4.78. The number of urea groups is 1. The number of rotatable bonds is 6. The lowest BCUT2D eigenvalue weighted by molar-refractivity contribution is 0.129. The van der Waals surface area contributed by atoms with Crippen molar-refractivity contribution in [2.45, 2.75) is 33.2 Å². The summed E-state index contributed by atoms with van der Waals surface area (Å²) < 4.78 is 0. The van der Waals surface area contributed by atoms with Gasteiger partial charge in [-0.3, -0.25) is 4.90 Å². The number of hydrogen-bond donors (Lipinski definition) is 3. The Morgan fingerprint density at radius 3 is 2.70 bits per heavy atom. The number of amides is 2. The van der Waals surface area contributed by atoms with Crippen LogP contribution in [-0.4, -0.2) is 70.2 Å². The van der Waals surface area contributed by atoms with E-state index in [0.29, 0.717) is 13.1 Å². The summed E-state index contributed by atoms with van der Waals surface area (Å²) in [4.78, 5) is 25.0. The SMILES string of the molecule is Cc1ccc2nc([C@@H](NC(=O)N3CCN(CCCO)CC3)C(C)C)[nH]c2c1. The molecule has 0 radical (unpaired) electrons. The second-order valence-electron chi connectivity index (χ2n) is 7.72. The number of piperazine rings is 1. The van der Waals surface area contributed by atoms with Gasteiger partial charge in [0.15, 0.2) is 0 Å². The van der Waals surface area contributed by atoms with Crippen molar-refractivity contribution in [3.8, 4) is 0 Å². The van der Waals surface area contributed by atoms with Crippen molar-refractivity contribution < 1.29 is 9.90 Å². The van der Waals surface area contributed by atoms with E-state index in [2.05, 4.69) is 42.0 Å². The Hall–Kier alpha value is -2.12. The fourth-order valence-corrected chi connectivity index (χ4v) is 3.53. The number of aromatic nitrogens is 2. The number of aryl methyl sites for hydroxylation is 1. The van der Waals surface area contributed by atoms with E-state index in [4.69, 9.17) is 10.1 Å². The molecule has 2 aromatic rings. The summed E-state index contributed by atoms with van der Waals surface area (Å²) in [5.41, 5.74) is 3.11. The number of nitrogens with one attached hydrogen (secondary N) is 2. The topological polar surface area (TPSA) is 84.5 Å². The van der Waals surface area contributed by atoms with Gasteiger partial charge in [-0.2, -0.15) is 0 Å². The molecule has 1 aliphatic rings. The summed E-state index contributed by atoms with van der Waals surface area (Å²) >= 11 is 0. The zero-order chi connectivity index (χ0) is 19.4. The average Bonchev–Trinajstić information content (AvgIpc) is 3.07. The average molecular weight is 374 g/mol. The number of hydrogen-bond acceptors (Lipinski definition) is 4. The molecule has 0 saturated carbocycles. The highest BCUT2D eigenvalue weighted by Crippen LogP contribution is 2.23. The van der Waals surface area contributed by atoms with Gasteiger partial charge in [-0.1, -0.05) is 19.9 Å². The maximum atomic E-state index is 12.8. The quantitative estimate of drug-likeness (QED) is 0.725. The minimum atomic E-state index is -0.155. The molecule has 1 fully saturated rings. The third-order valence-electron chi connectivity index (χ3n) is 5.19. The molecule has 1 saturated heterocycles. The molecule has 2 heterocycles. The molecule has 3 rings (SSSR count). The molecule has 0 unspecified atom stereocenters. The molecule has 2 amide bonds. The van der Waals surface area contributed by atoms with Crippen molar-refractivity contribution in [3.05, 3.63) is 29.6 Å². The molecule has 1 aliphatic heterocycles. The van der Waals surface area contributed by atoms with Crippen LogP contribution in [0.5, 0.6) is 0 Å². The number of carbonyl (C=O) groups excluding carboxylic acids is 1. The minimum Gasteiger partial charge on any atom is -0.396 e. The highest BCUT2D eigenvalue weighted by molar-refractivity contribution is 5.77. The number of benzene rings is 1. The second-order valence-corrected chi connectivity index (χ2v) is 7.72.